The van der Waals surface area contributed by atoms with E-state index in [1.807, 2.05) is 18.2 Å². The molecule has 0 aliphatic heterocycles. The van der Waals surface area contributed by atoms with Crippen molar-refractivity contribution < 1.29 is 8.98 Å². The third kappa shape index (κ3) is 2.69. The molecular formula is C24H23N2O+. The SMILES string of the molecule is [C-]#[N+]c1cccc2c1oc1c(-c3cc(C(C)(C)C)cc[n+]3C)c(C)ccc12. The second-order valence-electron chi connectivity index (χ2n) is 8.16. The van der Waals surface area contributed by atoms with E-state index in [1.165, 1.54) is 5.56 Å². The quantitative estimate of drug-likeness (QED) is 0.293. The Labute approximate surface area is 159 Å². The Kier molecular flexibility index (Phi) is 3.82. The molecule has 0 bridgehead atoms. The first-order chi connectivity index (χ1) is 12.8. The zero-order valence-corrected chi connectivity index (χ0v) is 16.4. The summed E-state index contributed by atoms with van der Waals surface area (Å²) in [5.74, 6) is 0. The summed E-state index contributed by atoms with van der Waals surface area (Å²) in [5.41, 5.74) is 6.79. The van der Waals surface area contributed by atoms with Crippen LogP contribution >= 0.6 is 0 Å². The van der Waals surface area contributed by atoms with Crippen LogP contribution in [0, 0.1) is 13.5 Å². The molecule has 0 radical (unpaired) electrons. The van der Waals surface area contributed by atoms with Gasteiger partial charge in [-0.25, -0.2) is 9.41 Å². The molecule has 134 valence electrons. The van der Waals surface area contributed by atoms with Gasteiger partial charge < -0.3 is 4.42 Å². The number of rotatable bonds is 1. The van der Waals surface area contributed by atoms with E-state index in [4.69, 9.17) is 11.0 Å². The number of furan rings is 1. The third-order valence-corrected chi connectivity index (χ3v) is 5.25. The highest BCUT2D eigenvalue weighted by Gasteiger charge is 2.24. The smallest absolute Gasteiger partial charge is 0.229 e. The van der Waals surface area contributed by atoms with Gasteiger partial charge >= 0.3 is 0 Å². The van der Waals surface area contributed by atoms with Gasteiger partial charge in [0.2, 0.25) is 11.4 Å². The summed E-state index contributed by atoms with van der Waals surface area (Å²) in [5, 5.41) is 2.05. The summed E-state index contributed by atoms with van der Waals surface area (Å²) in [6.45, 7) is 16.2. The molecule has 0 amide bonds. The molecule has 2 aromatic heterocycles. The maximum absolute atomic E-state index is 7.45. The topological polar surface area (TPSA) is 21.4 Å². The molecule has 3 heteroatoms. The zero-order chi connectivity index (χ0) is 19.3. The van der Waals surface area contributed by atoms with Gasteiger partial charge in [0, 0.05) is 22.9 Å². The van der Waals surface area contributed by atoms with E-state index in [1.54, 1.807) is 0 Å². The summed E-state index contributed by atoms with van der Waals surface area (Å²) >= 11 is 0. The van der Waals surface area contributed by atoms with Crippen LogP contribution in [-0.4, -0.2) is 0 Å². The molecule has 4 aromatic rings. The highest BCUT2D eigenvalue weighted by Crippen LogP contribution is 2.40. The molecule has 0 aliphatic rings. The Morgan fingerprint density at radius 3 is 2.44 bits per heavy atom. The molecule has 0 aliphatic carbocycles. The van der Waals surface area contributed by atoms with E-state index >= 15 is 0 Å². The molecule has 3 nitrogen and oxygen atoms in total. The fraction of sp³-hybridized carbons (Fsp3) is 0.250. The van der Waals surface area contributed by atoms with E-state index < -0.39 is 0 Å². The summed E-state index contributed by atoms with van der Waals surface area (Å²) in [6.07, 6.45) is 2.11. The van der Waals surface area contributed by atoms with Crippen LogP contribution in [0.5, 0.6) is 0 Å². The molecule has 0 saturated heterocycles. The average molecular weight is 355 g/mol. The standard InChI is InChI=1S/C24H23N2O/c1-15-10-11-18-17-8-7-9-19(25-5)22(17)27-23(18)21(15)20-14-16(24(2,3)4)12-13-26(20)6/h7-14H,1-4,6H3/q+1. The molecule has 2 aromatic carbocycles. The van der Waals surface area contributed by atoms with Gasteiger partial charge in [0.25, 0.3) is 0 Å². The lowest BCUT2D eigenvalue weighted by Gasteiger charge is -2.19. The largest absolute Gasteiger partial charge is 0.466 e. The van der Waals surface area contributed by atoms with Gasteiger partial charge in [-0.1, -0.05) is 51.1 Å². The first kappa shape index (κ1) is 17.3. The number of hydrogen-bond donors (Lipinski definition) is 0. The van der Waals surface area contributed by atoms with Crippen LogP contribution in [0.4, 0.5) is 5.69 Å². The Morgan fingerprint density at radius 2 is 1.74 bits per heavy atom. The first-order valence-corrected chi connectivity index (χ1v) is 9.14. The van der Waals surface area contributed by atoms with Gasteiger partial charge in [0.1, 0.15) is 18.2 Å². The summed E-state index contributed by atoms with van der Waals surface area (Å²) < 4.78 is 8.43. The summed E-state index contributed by atoms with van der Waals surface area (Å²) in [6, 6.07) is 14.4. The van der Waals surface area contributed by atoms with E-state index in [9.17, 15) is 0 Å². The minimum Gasteiger partial charge on any atom is -0.466 e. The number of aromatic nitrogens is 1. The Hall–Kier alpha value is -3.12. The van der Waals surface area contributed by atoms with E-state index in [-0.39, 0.29) is 5.41 Å². The van der Waals surface area contributed by atoms with Crippen LogP contribution in [-0.2, 0) is 12.5 Å². The van der Waals surface area contributed by atoms with Crippen molar-refractivity contribution in [1.29, 1.82) is 0 Å². The van der Waals surface area contributed by atoms with Crippen molar-refractivity contribution >= 4 is 27.6 Å². The van der Waals surface area contributed by atoms with Crippen molar-refractivity contribution in [1.82, 2.24) is 0 Å². The van der Waals surface area contributed by atoms with Crippen molar-refractivity contribution in [3.05, 3.63) is 71.2 Å². The molecule has 0 saturated carbocycles. The fourth-order valence-electron chi connectivity index (χ4n) is 3.64. The zero-order valence-electron chi connectivity index (χ0n) is 16.4. The molecule has 0 atom stereocenters. The molecule has 0 fully saturated rings. The number of fused-ring (bicyclic) bond motifs is 3. The first-order valence-electron chi connectivity index (χ1n) is 9.14. The van der Waals surface area contributed by atoms with Crippen molar-refractivity contribution in [2.24, 2.45) is 7.05 Å². The number of pyridine rings is 1. The lowest BCUT2D eigenvalue weighted by Crippen LogP contribution is -2.32. The van der Waals surface area contributed by atoms with Gasteiger partial charge in [-0.2, -0.15) is 0 Å². The number of nitrogens with zero attached hydrogens (tertiary/aromatic N) is 2. The monoisotopic (exact) mass is 355 g/mol. The van der Waals surface area contributed by atoms with Crippen LogP contribution in [0.1, 0.15) is 31.9 Å². The van der Waals surface area contributed by atoms with Crippen molar-refractivity contribution in [3.8, 4) is 11.3 Å². The highest BCUT2D eigenvalue weighted by atomic mass is 16.3. The summed E-state index contributed by atoms with van der Waals surface area (Å²) in [7, 11) is 2.06. The average Bonchev–Trinajstić information content (AvgIpc) is 3.00. The van der Waals surface area contributed by atoms with E-state index in [0.29, 0.717) is 11.3 Å². The van der Waals surface area contributed by atoms with Gasteiger partial charge in [-0.15, -0.1) is 0 Å². The maximum atomic E-state index is 7.45. The number of hydrogen-bond acceptors (Lipinski definition) is 1. The molecular weight excluding hydrogens is 332 g/mol. The predicted octanol–water partition coefficient (Wildman–Crippen LogP) is 6.23. The molecule has 27 heavy (non-hydrogen) atoms. The lowest BCUT2D eigenvalue weighted by atomic mass is 9.86. The van der Waals surface area contributed by atoms with Gasteiger partial charge in [0.05, 0.1) is 12.1 Å². The Morgan fingerprint density at radius 1 is 1.00 bits per heavy atom. The second kappa shape index (κ2) is 5.96. The maximum Gasteiger partial charge on any atom is 0.229 e. The number of benzene rings is 2. The second-order valence-corrected chi connectivity index (χ2v) is 8.16. The minimum absolute atomic E-state index is 0.0654. The number of aryl methyl sites for hydroxylation is 2. The van der Waals surface area contributed by atoms with Crippen LogP contribution in [0.3, 0.4) is 0 Å². The Bertz CT molecular complexity index is 1230. The van der Waals surface area contributed by atoms with Gasteiger partial charge in [0.15, 0.2) is 6.20 Å². The molecule has 0 unspecified atom stereocenters. The van der Waals surface area contributed by atoms with Gasteiger partial charge in [-0.3, -0.25) is 0 Å². The normalized spacial score (nSPS) is 11.9. The van der Waals surface area contributed by atoms with Crippen LogP contribution in [0.2, 0.25) is 0 Å². The summed E-state index contributed by atoms with van der Waals surface area (Å²) in [4.78, 5) is 3.63. The molecule has 0 N–H and O–H groups in total. The van der Waals surface area contributed by atoms with Gasteiger partial charge in [-0.05, 0) is 23.5 Å². The van der Waals surface area contributed by atoms with Crippen molar-refractivity contribution in [3.63, 3.8) is 0 Å². The van der Waals surface area contributed by atoms with Crippen molar-refractivity contribution in [2.75, 3.05) is 0 Å². The fourth-order valence-corrected chi connectivity index (χ4v) is 3.64. The van der Waals surface area contributed by atoms with E-state index in [2.05, 4.69) is 74.6 Å². The van der Waals surface area contributed by atoms with Crippen LogP contribution < -0.4 is 4.57 Å². The molecule has 4 rings (SSSR count). The molecule has 0 spiro atoms. The van der Waals surface area contributed by atoms with Crippen LogP contribution in [0.25, 0.3) is 38.0 Å². The van der Waals surface area contributed by atoms with Crippen molar-refractivity contribution in [2.45, 2.75) is 33.1 Å². The van der Waals surface area contributed by atoms with Crippen LogP contribution in [0.15, 0.2) is 53.1 Å². The highest BCUT2D eigenvalue weighted by molar-refractivity contribution is 6.12. The molecule has 2 heterocycles. The lowest BCUT2D eigenvalue weighted by molar-refractivity contribution is -0.660. The predicted molar refractivity (Wildman–Crippen MR) is 110 cm³/mol. The Balaban J connectivity index is 2.12. The minimum atomic E-state index is 0.0654. The third-order valence-electron chi connectivity index (χ3n) is 5.25. The van der Waals surface area contributed by atoms with E-state index in [0.717, 1.165) is 33.2 Å². The number of para-hydroxylation sites is 1.